The minimum Gasteiger partial charge on any atom is -0.338 e. The van der Waals surface area contributed by atoms with Gasteiger partial charge in [0.25, 0.3) is 5.91 Å². The summed E-state index contributed by atoms with van der Waals surface area (Å²) in [5.41, 5.74) is 2.36. The van der Waals surface area contributed by atoms with E-state index in [9.17, 15) is 22.8 Å². The van der Waals surface area contributed by atoms with Crippen molar-refractivity contribution < 1.29 is 22.8 Å². The SMILES string of the molecule is CC(C)(C)c1cc(-c2ccc(C(F)(F)F)cc2)nn2cc(C=O)nc12.Cc1ncc(C(=O)N2CCN(C)C(C)(C)C2)[nH]1. The molecule has 5 rings (SSSR count). The van der Waals surface area contributed by atoms with Gasteiger partial charge in [-0.15, -0.1) is 0 Å². The number of nitrogens with one attached hydrogen (secondary N) is 1. The number of hydrogen-bond acceptors (Lipinski definition) is 6. The summed E-state index contributed by atoms with van der Waals surface area (Å²) in [4.78, 5) is 38.8. The first-order valence-electron chi connectivity index (χ1n) is 13.6. The summed E-state index contributed by atoms with van der Waals surface area (Å²) in [5, 5.41) is 4.39. The molecule has 0 bridgehead atoms. The van der Waals surface area contributed by atoms with Crippen LogP contribution in [0.4, 0.5) is 13.2 Å². The molecule has 12 heteroatoms. The zero-order chi connectivity index (χ0) is 31.0. The molecular formula is C30H36F3N7O2. The predicted molar refractivity (Wildman–Crippen MR) is 153 cm³/mol. The number of aryl methyl sites for hydroxylation is 1. The van der Waals surface area contributed by atoms with E-state index in [0.29, 0.717) is 28.9 Å². The second-order valence-electron chi connectivity index (χ2n) is 12.2. The van der Waals surface area contributed by atoms with Crippen molar-refractivity contribution in [3.63, 3.8) is 0 Å². The van der Waals surface area contributed by atoms with Crippen LogP contribution in [0.5, 0.6) is 0 Å². The zero-order valence-electron chi connectivity index (χ0n) is 24.9. The van der Waals surface area contributed by atoms with Crippen molar-refractivity contribution in [2.75, 3.05) is 26.7 Å². The molecule has 4 aromatic rings. The molecule has 0 atom stereocenters. The van der Waals surface area contributed by atoms with Gasteiger partial charge < -0.3 is 9.88 Å². The lowest BCUT2D eigenvalue weighted by Crippen LogP contribution is -2.58. The summed E-state index contributed by atoms with van der Waals surface area (Å²) in [5.74, 6) is 0.827. The van der Waals surface area contributed by atoms with Gasteiger partial charge in [-0.1, -0.05) is 32.9 Å². The summed E-state index contributed by atoms with van der Waals surface area (Å²) >= 11 is 0. The molecule has 1 amide bonds. The smallest absolute Gasteiger partial charge is 0.338 e. The third kappa shape index (κ3) is 6.70. The number of nitrogens with zero attached hydrogens (tertiary/aromatic N) is 6. The van der Waals surface area contributed by atoms with Gasteiger partial charge in [-0.2, -0.15) is 18.3 Å². The highest BCUT2D eigenvalue weighted by Crippen LogP contribution is 2.33. The highest BCUT2D eigenvalue weighted by Gasteiger charge is 2.34. The quantitative estimate of drug-likeness (QED) is 0.324. The average Bonchev–Trinajstić information content (AvgIpc) is 3.54. The van der Waals surface area contributed by atoms with Gasteiger partial charge in [-0.3, -0.25) is 14.5 Å². The minimum absolute atomic E-state index is 0.0307. The van der Waals surface area contributed by atoms with E-state index in [1.165, 1.54) is 22.8 Å². The molecule has 42 heavy (non-hydrogen) atoms. The van der Waals surface area contributed by atoms with Gasteiger partial charge in [-0.05, 0) is 51.4 Å². The maximum Gasteiger partial charge on any atom is 0.416 e. The van der Waals surface area contributed by atoms with Gasteiger partial charge in [0, 0.05) is 36.3 Å². The molecule has 0 aliphatic carbocycles. The molecule has 1 aromatic carbocycles. The number of piperazine rings is 1. The number of carbonyl (C=O) groups is 2. The van der Waals surface area contributed by atoms with Gasteiger partial charge >= 0.3 is 6.18 Å². The number of aromatic nitrogens is 5. The van der Waals surface area contributed by atoms with Crippen LogP contribution in [0.15, 0.2) is 42.7 Å². The van der Waals surface area contributed by atoms with Gasteiger partial charge in [-0.25, -0.2) is 14.5 Å². The van der Waals surface area contributed by atoms with Crippen LogP contribution in [-0.2, 0) is 11.6 Å². The molecule has 1 aliphatic heterocycles. The first kappa shape index (κ1) is 30.9. The van der Waals surface area contributed by atoms with E-state index < -0.39 is 11.7 Å². The number of halogens is 3. The number of likely N-dealkylation sites (N-methyl/N-ethyl adjacent to an activating group) is 1. The number of alkyl halides is 3. The second kappa shape index (κ2) is 11.3. The molecule has 3 aromatic heterocycles. The normalized spacial score (nSPS) is 15.8. The van der Waals surface area contributed by atoms with E-state index >= 15 is 0 Å². The lowest BCUT2D eigenvalue weighted by molar-refractivity contribution is -0.137. The fourth-order valence-corrected chi connectivity index (χ4v) is 4.69. The summed E-state index contributed by atoms with van der Waals surface area (Å²) in [7, 11) is 2.10. The molecule has 9 nitrogen and oxygen atoms in total. The molecular weight excluding hydrogens is 547 g/mol. The first-order chi connectivity index (χ1) is 19.5. The summed E-state index contributed by atoms with van der Waals surface area (Å²) in [6, 6.07) is 6.65. The average molecular weight is 584 g/mol. The Morgan fingerprint density at radius 2 is 1.76 bits per heavy atom. The Balaban J connectivity index is 0.000000208. The lowest BCUT2D eigenvalue weighted by atomic mass is 9.87. The Kier molecular flexibility index (Phi) is 8.32. The van der Waals surface area contributed by atoms with Gasteiger partial charge in [0.2, 0.25) is 0 Å². The molecule has 0 saturated carbocycles. The Morgan fingerprint density at radius 3 is 2.29 bits per heavy atom. The Bertz CT molecular complexity index is 1580. The number of amides is 1. The van der Waals surface area contributed by atoms with Crippen molar-refractivity contribution in [1.82, 2.24) is 34.4 Å². The van der Waals surface area contributed by atoms with Crippen LogP contribution in [0.3, 0.4) is 0 Å². The Morgan fingerprint density at radius 1 is 1.10 bits per heavy atom. The zero-order valence-corrected chi connectivity index (χ0v) is 24.9. The minimum atomic E-state index is -4.38. The molecule has 1 fully saturated rings. The van der Waals surface area contributed by atoms with Crippen LogP contribution < -0.4 is 0 Å². The third-order valence-electron chi connectivity index (χ3n) is 7.42. The maximum atomic E-state index is 12.7. The van der Waals surface area contributed by atoms with Crippen molar-refractivity contribution in [2.24, 2.45) is 0 Å². The molecule has 0 spiro atoms. The van der Waals surface area contributed by atoms with Crippen LogP contribution in [0.2, 0.25) is 0 Å². The van der Waals surface area contributed by atoms with Crippen LogP contribution in [0, 0.1) is 6.92 Å². The number of imidazole rings is 2. The van der Waals surface area contributed by atoms with Crippen LogP contribution >= 0.6 is 0 Å². The van der Waals surface area contributed by atoms with E-state index in [1.807, 2.05) is 32.6 Å². The number of H-pyrrole nitrogens is 1. The van der Waals surface area contributed by atoms with Gasteiger partial charge in [0.15, 0.2) is 11.9 Å². The van der Waals surface area contributed by atoms with E-state index in [1.54, 1.807) is 12.3 Å². The number of aromatic amines is 1. The molecule has 1 aliphatic rings. The number of hydrogen-bond donors (Lipinski definition) is 1. The lowest BCUT2D eigenvalue weighted by Gasteiger charge is -2.45. The molecule has 0 radical (unpaired) electrons. The Labute approximate surface area is 242 Å². The standard InChI is InChI=1S/C18H16F3N3O.C12H20N4O/c1-17(2,3)14-8-15(23-24-9-13(10-25)22-16(14)24)11-4-6-12(7-5-11)18(19,20)21;1-9-13-7-10(14-9)11(17)16-6-5-15(4)12(2,3)8-16/h4-10H,1-3H3;7H,5-6,8H2,1-4H3,(H,13,14). The van der Waals surface area contributed by atoms with Crippen molar-refractivity contribution in [2.45, 2.75) is 58.7 Å². The van der Waals surface area contributed by atoms with Gasteiger partial charge in [0.05, 0.1) is 23.7 Å². The number of rotatable bonds is 3. The first-order valence-corrected chi connectivity index (χ1v) is 13.6. The maximum absolute atomic E-state index is 12.7. The third-order valence-corrected chi connectivity index (χ3v) is 7.42. The second-order valence-corrected chi connectivity index (χ2v) is 12.2. The van der Waals surface area contributed by atoms with Gasteiger partial charge in [0.1, 0.15) is 17.2 Å². The fraction of sp³-hybridized carbons (Fsp3) is 0.433. The van der Waals surface area contributed by atoms with Crippen LogP contribution in [0.25, 0.3) is 16.9 Å². The largest absolute Gasteiger partial charge is 0.416 e. The van der Waals surface area contributed by atoms with Crippen LogP contribution in [-0.4, -0.2) is 78.8 Å². The summed E-state index contributed by atoms with van der Waals surface area (Å²) in [6.45, 7) is 14.6. The van der Waals surface area contributed by atoms with Crippen molar-refractivity contribution in [3.8, 4) is 11.3 Å². The number of carbonyl (C=O) groups excluding carboxylic acids is 2. The van der Waals surface area contributed by atoms with E-state index in [2.05, 4.69) is 45.8 Å². The molecule has 4 heterocycles. The fourth-order valence-electron chi connectivity index (χ4n) is 4.69. The van der Waals surface area contributed by atoms with Crippen molar-refractivity contribution >= 4 is 17.8 Å². The number of benzene rings is 1. The topological polar surface area (TPSA) is 99.5 Å². The summed E-state index contributed by atoms with van der Waals surface area (Å²) in [6.07, 6.45) is -0.622. The highest BCUT2D eigenvalue weighted by atomic mass is 19.4. The highest BCUT2D eigenvalue weighted by molar-refractivity contribution is 5.92. The molecule has 1 N–H and O–H groups in total. The molecule has 0 unspecified atom stereocenters. The number of aldehydes is 1. The van der Waals surface area contributed by atoms with E-state index in [-0.39, 0.29) is 22.6 Å². The predicted octanol–water partition coefficient (Wildman–Crippen LogP) is 5.41. The van der Waals surface area contributed by atoms with Crippen molar-refractivity contribution in [3.05, 3.63) is 71.1 Å². The van der Waals surface area contributed by atoms with Crippen molar-refractivity contribution in [1.29, 1.82) is 0 Å². The number of fused-ring (bicyclic) bond motifs is 1. The molecule has 1 saturated heterocycles. The summed E-state index contributed by atoms with van der Waals surface area (Å²) < 4.78 is 39.7. The van der Waals surface area contributed by atoms with Crippen LogP contribution in [0.1, 0.15) is 72.5 Å². The monoisotopic (exact) mass is 583 g/mol. The van der Waals surface area contributed by atoms with E-state index in [4.69, 9.17) is 0 Å². The molecule has 224 valence electrons. The van der Waals surface area contributed by atoms with E-state index in [0.717, 1.165) is 43.2 Å². The Hall–Kier alpha value is -4.06.